The van der Waals surface area contributed by atoms with Crippen molar-refractivity contribution in [1.82, 2.24) is 0 Å². The summed E-state index contributed by atoms with van der Waals surface area (Å²) in [6, 6.07) is 19.3. The molecule has 1 N–H and O–H groups in total. The van der Waals surface area contributed by atoms with Crippen LogP contribution in [0.3, 0.4) is 0 Å². The van der Waals surface area contributed by atoms with Crippen molar-refractivity contribution in [2.24, 2.45) is 0 Å². The number of nitrogens with one attached hydrogen (secondary N) is 1. The topological polar surface area (TPSA) is 92.6 Å². The van der Waals surface area contributed by atoms with Crippen LogP contribution in [0.25, 0.3) is 5.57 Å². The predicted molar refractivity (Wildman–Crippen MR) is 119 cm³/mol. The normalized spacial score (nSPS) is 13.7. The first kappa shape index (κ1) is 20.3. The summed E-state index contributed by atoms with van der Waals surface area (Å²) >= 11 is 6.03. The van der Waals surface area contributed by atoms with E-state index in [4.69, 9.17) is 11.6 Å². The highest BCUT2D eigenvalue weighted by molar-refractivity contribution is 6.46. The molecule has 0 bridgehead atoms. The van der Waals surface area contributed by atoms with Crippen LogP contribution in [0.4, 0.5) is 17.1 Å². The summed E-state index contributed by atoms with van der Waals surface area (Å²) < 4.78 is 0. The van der Waals surface area contributed by atoms with Crippen LogP contribution in [0.5, 0.6) is 0 Å². The first-order valence-corrected chi connectivity index (χ1v) is 9.70. The largest absolute Gasteiger partial charge is 0.350 e. The van der Waals surface area contributed by atoms with Gasteiger partial charge < -0.3 is 5.32 Å². The number of amides is 2. The van der Waals surface area contributed by atoms with Gasteiger partial charge in [-0.3, -0.25) is 19.7 Å². The zero-order valence-electron chi connectivity index (χ0n) is 16.3. The number of nitrogens with zero attached hydrogens (tertiary/aromatic N) is 2. The zero-order valence-corrected chi connectivity index (χ0v) is 17.1. The number of halogens is 1. The van der Waals surface area contributed by atoms with Crippen molar-refractivity contribution in [3.05, 3.63) is 105 Å². The van der Waals surface area contributed by atoms with Gasteiger partial charge in [-0.15, -0.1) is 0 Å². The number of aryl methyl sites for hydroxylation is 1. The Kier molecular flexibility index (Phi) is 5.27. The van der Waals surface area contributed by atoms with Crippen molar-refractivity contribution >= 4 is 46.1 Å². The van der Waals surface area contributed by atoms with Gasteiger partial charge in [0, 0.05) is 22.8 Å². The van der Waals surface area contributed by atoms with E-state index in [0.717, 1.165) is 10.5 Å². The first-order chi connectivity index (χ1) is 14.9. The van der Waals surface area contributed by atoms with Gasteiger partial charge in [0.1, 0.15) is 5.70 Å². The smallest absolute Gasteiger partial charge is 0.282 e. The van der Waals surface area contributed by atoms with Crippen LogP contribution in [-0.4, -0.2) is 16.7 Å². The molecule has 0 atom stereocenters. The van der Waals surface area contributed by atoms with Gasteiger partial charge in [0.25, 0.3) is 17.5 Å². The summed E-state index contributed by atoms with van der Waals surface area (Å²) in [5.41, 5.74) is 2.37. The molecule has 3 aromatic carbocycles. The molecule has 1 aliphatic rings. The number of carbonyl (C=O) groups is 2. The lowest BCUT2D eigenvalue weighted by Crippen LogP contribution is -2.32. The minimum atomic E-state index is -0.522. The number of imide groups is 1. The fourth-order valence-electron chi connectivity index (χ4n) is 3.38. The lowest BCUT2D eigenvalue weighted by molar-refractivity contribution is -0.384. The van der Waals surface area contributed by atoms with Gasteiger partial charge in [-0.25, -0.2) is 4.90 Å². The lowest BCUT2D eigenvalue weighted by Gasteiger charge is -2.15. The summed E-state index contributed by atoms with van der Waals surface area (Å²) in [7, 11) is 0. The number of non-ortho nitro benzene ring substituents is 1. The first-order valence-electron chi connectivity index (χ1n) is 9.33. The number of nitro benzene ring substituents is 1. The van der Waals surface area contributed by atoms with Gasteiger partial charge >= 0.3 is 0 Å². The molecule has 154 valence electrons. The Morgan fingerprint density at radius 1 is 0.935 bits per heavy atom. The number of rotatable bonds is 5. The van der Waals surface area contributed by atoms with Crippen LogP contribution in [0.1, 0.15) is 11.1 Å². The average Bonchev–Trinajstić information content (AvgIpc) is 3.00. The zero-order chi connectivity index (χ0) is 22.1. The molecule has 0 fully saturated rings. The second kappa shape index (κ2) is 8.04. The van der Waals surface area contributed by atoms with E-state index in [1.807, 2.05) is 6.92 Å². The summed E-state index contributed by atoms with van der Waals surface area (Å²) in [6.45, 7) is 1.83. The van der Waals surface area contributed by atoms with Crippen molar-refractivity contribution in [2.75, 3.05) is 10.2 Å². The van der Waals surface area contributed by atoms with E-state index in [1.165, 1.54) is 24.3 Å². The molecule has 3 aromatic rings. The van der Waals surface area contributed by atoms with Crippen molar-refractivity contribution < 1.29 is 14.5 Å². The maximum Gasteiger partial charge on any atom is 0.282 e. The molecule has 8 heteroatoms. The van der Waals surface area contributed by atoms with Gasteiger partial charge in [-0.05, 0) is 60.5 Å². The lowest BCUT2D eigenvalue weighted by atomic mass is 10.0. The molecule has 0 aliphatic carbocycles. The summed E-state index contributed by atoms with van der Waals surface area (Å²) in [6.07, 6.45) is 0. The molecule has 0 radical (unpaired) electrons. The number of carbonyl (C=O) groups excluding carboxylic acids is 2. The van der Waals surface area contributed by atoms with E-state index in [1.54, 1.807) is 48.5 Å². The Morgan fingerprint density at radius 3 is 2.23 bits per heavy atom. The quantitative estimate of drug-likeness (QED) is 0.349. The monoisotopic (exact) mass is 433 g/mol. The highest BCUT2D eigenvalue weighted by atomic mass is 35.5. The van der Waals surface area contributed by atoms with Crippen LogP contribution in [0.15, 0.2) is 78.5 Å². The van der Waals surface area contributed by atoms with E-state index in [9.17, 15) is 19.7 Å². The molecule has 4 rings (SSSR count). The Labute approximate surface area is 182 Å². The van der Waals surface area contributed by atoms with Gasteiger partial charge in [-0.1, -0.05) is 29.8 Å². The predicted octanol–water partition coefficient (Wildman–Crippen LogP) is 4.95. The fraction of sp³-hybridized carbons (Fsp3) is 0.0435. The molecule has 1 aliphatic heterocycles. The molecule has 31 heavy (non-hydrogen) atoms. The summed E-state index contributed by atoms with van der Waals surface area (Å²) in [4.78, 5) is 38.2. The van der Waals surface area contributed by atoms with E-state index in [0.29, 0.717) is 22.0 Å². The van der Waals surface area contributed by atoms with E-state index in [-0.39, 0.29) is 17.0 Å². The molecule has 2 amide bonds. The Hall–Kier alpha value is -3.97. The summed E-state index contributed by atoms with van der Waals surface area (Å²) in [5, 5.41) is 14.6. The van der Waals surface area contributed by atoms with E-state index >= 15 is 0 Å². The van der Waals surface area contributed by atoms with Gasteiger partial charge in [0.05, 0.1) is 16.2 Å². The molecule has 1 heterocycles. The fourth-order valence-corrected chi connectivity index (χ4v) is 3.60. The van der Waals surface area contributed by atoms with Gasteiger partial charge in [-0.2, -0.15) is 0 Å². The van der Waals surface area contributed by atoms with Crippen LogP contribution < -0.4 is 10.2 Å². The standard InChI is InChI=1S/C23H16ClN3O4/c1-14-13-16(24)9-12-19(14)25-21-20(15-7-10-18(11-8-15)27(30)31)22(28)26(23(21)29)17-5-3-2-4-6-17/h2-13,25H,1H3. The van der Waals surface area contributed by atoms with Crippen LogP contribution in [0.2, 0.25) is 5.02 Å². The minimum absolute atomic E-state index is 0.0909. The molecule has 0 unspecified atom stereocenters. The third-order valence-electron chi connectivity index (χ3n) is 4.91. The van der Waals surface area contributed by atoms with E-state index in [2.05, 4.69) is 5.32 Å². The third-order valence-corrected chi connectivity index (χ3v) is 5.15. The number of hydrogen-bond donors (Lipinski definition) is 1. The van der Waals surface area contributed by atoms with Crippen molar-refractivity contribution in [3.8, 4) is 0 Å². The van der Waals surface area contributed by atoms with Gasteiger partial charge in [0.15, 0.2) is 0 Å². The van der Waals surface area contributed by atoms with E-state index < -0.39 is 16.7 Å². The number of nitro groups is 1. The number of benzene rings is 3. The Balaban J connectivity index is 1.83. The highest BCUT2D eigenvalue weighted by Crippen LogP contribution is 2.35. The maximum atomic E-state index is 13.3. The van der Waals surface area contributed by atoms with Crippen molar-refractivity contribution in [1.29, 1.82) is 0 Å². The molecular formula is C23H16ClN3O4. The second-order valence-electron chi connectivity index (χ2n) is 6.92. The Morgan fingerprint density at radius 2 is 1.61 bits per heavy atom. The number of anilines is 2. The summed E-state index contributed by atoms with van der Waals surface area (Å²) in [5.74, 6) is -1.03. The third kappa shape index (κ3) is 3.78. The highest BCUT2D eigenvalue weighted by Gasteiger charge is 2.40. The molecule has 0 aromatic heterocycles. The molecule has 0 saturated carbocycles. The molecule has 7 nitrogen and oxygen atoms in total. The van der Waals surface area contributed by atoms with Gasteiger partial charge in [0.2, 0.25) is 0 Å². The number of hydrogen-bond acceptors (Lipinski definition) is 5. The van der Waals surface area contributed by atoms with Crippen LogP contribution in [0, 0.1) is 17.0 Å². The SMILES string of the molecule is Cc1cc(Cl)ccc1NC1=C(c2ccc([N+](=O)[O-])cc2)C(=O)N(c2ccccc2)C1=O. The van der Waals surface area contributed by atoms with Crippen LogP contribution >= 0.6 is 11.6 Å². The molecular weight excluding hydrogens is 418 g/mol. The Bertz CT molecular complexity index is 1240. The second-order valence-corrected chi connectivity index (χ2v) is 7.36. The maximum absolute atomic E-state index is 13.3. The van der Waals surface area contributed by atoms with Crippen molar-refractivity contribution in [2.45, 2.75) is 6.92 Å². The number of para-hydroxylation sites is 1. The van der Waals surface area contributed by atoms with Crippen molar-refractivity contribution in [3.63, 3.8) is 0 Å². The minimum Gasteiger partial charge on any atom is -0.350 e. The molecule has 0 spiro atoms. The van der Waals surface area contributed by atoms with Crippen LogP contribution in [-0.2, 0) is 9.59 Å². The average molecular weight is 434 g/mol. The molecule has 0 saturated heterocycles.